The van der Waals surface area contributed by atoms with Crippen LogP contribution >= 0.6 is 0 Å². The molecule has 2 N–H and O–H groups in total. The molecule has 0 unspecified atom stereocenters. The Bertz CT molecular complexity index is 587. The zero-order valence-corrected chi connectivity index (χ0v) is 11.7. The van der Waals surface area contributed by atoms with Crippen molar-refractivity contribution in [2.75, 3.05) is 5.73 Å². The van der Waals surface area contributed by atoms with Crippen LogP contribution in [0.2, 0.25) is 0 Å². The van der Waals surface area contributed by atoms with Crippen molar-refractivity contribution in [2.24, 2.45) is 0 Å². The molecule has 0 saturated heterocycles. The maximum absolute atomic E-state index is 13.3. The fraction of sp³-hybridized carbons (Fsp3) is 0.400. The van der Waals surface area contributed by atoms with Crippen molar-refractivity contribution in [3.05, 3.63) is 46.5 Å². The highest BCUT2D eigenvalue weighted by atomic mass is 19.1. The topological polar surface area (TPSA) is 43.8 Å². The Labute approximate surface area is 113 Å². The summed E-state index contributed by atoms with van der Waals surface area (Å²) in [6.07, 6.45) is 1.64. The van der Waals surface area contributed by atoms with Crippen LogP contribution in [0.3, 0.4) is 0 Å². The van der Waals surface area contributed by atoms with Crippen LogP contribution < -0.4 is 5.73 Å². The van der Waals surface area contributed by atoms with Gasteiger partial charge in [-0.05, 0) is 43.0 Å². The van der Waals surface area contributed by atoms with Crippen LogP contribution in [0, 0.1) is 12.7 Å². The van der Waals surface area contributed by atoms with Crippen molar-refractivity contribution >= 4 is 5.69 Å². The average molecular weight is 261 g/mol. The molecule has 0 aliphatic carbocycles. The lowest BCUT2D eigenvalue weighted by molar-refractivity contribution is 0.609. The Morgan fingerprint density at radius 3 is 2.63 bits per heavy atom. The molecule has 0 fully saturated rings. The van der Waals surface area contributed by atoms with Gasteiger partial charge in [0, 0.05) is 0 Å². The predicted octanol–water partition coefficient (Wildman–Crippen LogP) is 3.09. The van der Waals surface area contributed by atoms with Gasteiger partial charge in [0.1, 0.15) is 5.82 Å². The van der Waals surface area contributed by atoms with Crippen LogP contribution in [0.15, 0.2) is 18.2 Å². The summed E-state index contributed by atoms with van der Waals surface area (Å²) in [5, 5.41) is 4.53. The summed E-state index contributed by atoms with van der Waals surface area (Å²) < 4.78 is 15.2. The third-order valence-electron chi connectivity index (χ3n) is 3.48. The first-order chi connectivity index (χ1) is 9.06. The Morgan fingerprint density at radius 2 is 2.00 bits per heavy atom. The number of nitrogen functional groups attached to an aromatic ring is 1. The van der Waals surface area contributed by atoms with E-state index >= 15 is 0 Å². The molecule has 0 radical (unpaired) electrons. The number of nitrogens with two attached hydrogens (primary N) is 1. The van der Waals surface area contributed by atoms with E-state index in [1.54, 1.807) is 12.1 Å². The molecule has 0 amide bonds. The summed E-state index contributed by atoms with van der Waals surface area (Å²) in [5.41, 5.74) is 10.8. The summed E-state index contributed by atoms with van der Waals surface area (Å²) in [4.78, 5) is 0. The molecule has 1 aromatic carbocycles. The molecule has 2 rings (SSSR count). The number of nitrogens with zero attached hydrogens (tertiary/aromatic N) is 2. The van der Waals surface area contributed by atoms with E-state index in [1.165, 1.54) is 6.07 Å². The molecular formula is C15H20FN3. The number of aromatic nitrogens is 2. The largest absolute Gasteiger partial charge is 0.396 e. The second-order valence-electron chi connectivity index (χ2n) is 4.74. The lowest BCUT2D eigenvalue weighted by Gasteiger charge is -2.09. The Kier molecular flexibility index (Phi) is 3.88. The van der Waals surface area contributed by atoms with Crippen LogP contribution in [0.25, 0.3) is 0 Å². The molecule has 19 heavy (non-hydrogen) atoms. The number of aryl methyl sites for hydroxylation is 2. The lowest BCUT2D eigenvalue weighted by atomic mass is 10.1. The summed E-state index contributed by atoms with van der Waals surface area (Å²) >= 11 is 0. The van der Waals surface area contributed by atoms with Crippen LogP contribution in [0.4, 0.5) is 10.1 Å². The van der Waals surface area contributed by atoms with Gasteiger partial charge < -0.3 is 5.73 Å². The fourth-order valence-electron chi connectivity index (χ4n) is 2.30. The van der Waals surface area contributed by atoms with E-state index < -0.39 is 0 Å². The van der Waals surface area contributed by atoms with E-state index in [4.69, 9.17) is 5.73 Å². The maximum Gasteiger partial charge on any atom is 0.123 e. The number of benzene rings is 1. The van der Waals surface area contributed by atoms with Gasteiger partial charge in [0.2, 0.25) is 0 Å². The third kappa shape index (κ3) is 2.62. The average Bonchev–Trinajstić information content (AvgIpc) is 2.69. The highest BCUT2D eigenvalue weighted by Gasteiger charge is 2.13. The van der Waals surface area contributed by atoms with Crippen LogP contribution in [0.5, 0.6) is 0 Å². The van der Waals surface area contributed by atoms with Gasteiger partial charge in [-0.2, -0.15) is 5.10 Å². The molecule has 2 aromatic rings. The Balaban J connectivity index is 2.40. The molecule has 0 saturated carbocycles. The van der Waals surface area contributed by atoms with Crippen molar-refractivity contribution in [3.8, 4) is 0 Å². The first-order valence-electron chi connectivity index (χ1n) is 6.65. The molecule has 1 aromatic heterocycles. The maximum atomic E-state index is 13.3. The van der Waals surface area contributed by atoms with Crippen molar-refractivity contribution < 1.29 is 4.39 Å². The minimum atomic E-state index is -0.213. The number of halogens is 1. The van der Waals surface area contributed by atoms with E-state index in [1.807, 2.05) is 18.5 Å². The van der Waals surface area contributed by atoms with Gasteiger partial charge in [0.25, 0.3) is 0 Å². The molecule has 1 heterocycles. The summed E-state index contributed by atoms with van der Waals surface area (Å²) in [5.74, 6) is -0.213. The normalized spacial score (nSPS) is 10.9. The summed E-state index contributed by atoms with van der Waals surface area (Å²) in [7, 11) is 0. The summed E-state index contributed by atoms with van der Waals surface area (Å²) in [6.45, 7) is 6.64. The van der Waals surface area contributed by atoms with Gasteiger partial charge in [-0.15, -0.1) is 0 Å². The quantitative estimate of drug-likeness (QED) is 0.919. The van der Waals surface area contributed by atoms with E-state index in [9.17, 15) is 4.39 Å². The second kappa shape index (κ2) is 5.43. The number of hydrogen-bond donors (Lipinski definition) is 1. The first-order valence-corrected chi connectivity index (χ1v) is 6.65. The lowest BCUT2D eigenvalue weighted by Crippen LogP contribution is -2.08. The third-order valence-corrected chi connectivity index (χ3v) is 3.48. The second-order valence-corrected chi connectivity index (χ2v) is 4.74. The molecule has 0 spiro atoms. The zero-order chi connectivity index (χ0) is 14.0. The van der Waals surface area contributed by atoms with Gasteiger partial charge in [0.05, 0.1) is 23.6 Å². The monoisotopic (exact) mass is 261 g/mol. The van der Waals surface area contributed by atoms with E-state index in [0.717, 1.165) is 41.0 Å². The molecule has 4 heteroatoms. The molecular weight excluding hydrogens is 241 g/mol. The van der Waals surface area contributed by atoms with Gasteiger partial charge >= 0.3 is 0 Å². The van der Waals surface area contributed by atoms with Gasteiger partial charge in [-0.1, -0.05) is 19.9 Å². The van der Waals surface area contributed by atoms with Crippen LogP contribution in [0.1, 0.15) is 36.4 Å². The molecule has 0 aliphatic heterocycles. The number of hydrogen-bond acceptors (Lipinski definition) is 2. The van der Waals surface area contributed by atoms with Crippen LogP contribution in [-0.2, 0) is 19.4 Å². The standard InChI is InChI=1S/C15H20FN3/c1-4-13-15(17)14(5-2)19(18-13)9-11-8-12(16)7-6-10(11)3/h6-8H,4-5,9,17H2,1-3H3. The van der Waals surface area contributed by atoms with E-state index in [-0.39, 0.29) is 5.82 Å². The molecule has 0 atom stereocenters. The van der Waals surface area contributed by atoms with Gasteiger partial charge in [-0.3, -0.25) is 4.68 Å². The first kappa shape index (κ1) is 13.6. The van der Waals surface area contributed by atoms with Crippen molar-refractivity contribution in [3.63, 3.8) is 0 Å². The number of rotatable bonds is 4. The highest BCUT2D eigenvalue weighted by molar-refractivity contribution is 5.48. The summed E-state index contributed by atoms with van der Waals surface area (Å²) in [6, 6.07) is 4.84. The molecule has 0 aliphatic rings. The Hall–Kier alpha value is -1.84. The van der Waals surface area contributed by atoms with Crippen LogP contribution in [-0.4, -0.2) is 9.78 Å². The van der Waals surface area contributed by atoms with Crippen molar-refractivity contribution in [2.45, 2.75) is 40.2 Å². The van der Waals surface area contributed by atoms with Crippen molar-refractivity contribution in [1.82, 2.24) is 9.78 Å². The molecule has 102 valence electrons. The van der Waals surface area contributed by atoms with Crippen molar-refractivity contribution in [1.29, 1.82) is 0 Å². The Morgan fingerprint density at radius 1 is 1.26 bits per heavy atom. The van der Waals surface area contributed by atoms with E-state index in [2.05, 4.69) is 12.0 Å². The minimum Gasteiger partial charge on any atom is -0.396 e. The zero-order valence-electron chi connectivity index (χ0n) is 11.7. The van der Waals surface area contributed by atoms with Gasteiger partial charge in [-0.25, -0.2) is 4.39 Å². The SMILES string of the molecule is CCc1nn(Cc2cc(F)ccc2C)c(CC)c1N. The predicted molar refractivity (Wildman–Crippen MR) is 75.6 cm³/mol. The number of anilines is 1. The molecule has 0 bridgehead atoms. The van der Waals surface area contributed by atoms with E-state index in [0.29, 0.717) is 6.54 Å². The smallest absolute Gasteiger partial charge is 0.123 e. The fourth-order valence-corrected chi connectivity index (χ4v) is 2.30. The minimum absolute atomic E-state index is 0.213. The molecule has 3 nitrogen and oxygen atoms in total. The van der Waals surface area contributed by atoms with Gasteiger partial charge in [0.15, 0.2) is 0 Å². The highest BCUT2D eigenvalue weighted by Crippen LogP contribution is 2.20.